The standard InChI is InChI=1S/C17H11F2N3O/c18-14-7-6-12(8-15(14)19)22-17(23)13-9-20-10-21-16(13)11-4-2-1-3-5-11/h1-10H,(H,22,23). The second-order valence-corrected chi connectivity index (χ2v) is 4.73. The number of amides is 1. The number of carbonyl (C=O) groups is 1. The molecule has 0 aliphatic carbocycles. The Bertz CT molecular complexity index is 853. The van der Waals surface area contributed by atoms with Gasteiger partial charge in [-0.1, -0.05) is 30.3 Å². The van der Waals surface area contributed by atoms with Crippen molar-refractivity contribution in [2.24, 2.45) is 0 Å². The van der Waals surface area contributed by atoms with Gasteiger partial charge in [-0.2, -0.15) is 0 Å². The van der Waals surface area contributed by atoms with Crippen molar-refractivity contribution >= 4 is 11.6 Å². The lowest BCUT2D eigenvalue weighted by Crippen LogP contribution is -2.14. The Morgan fingerprint density at radius 3 is 2.52 bits per heavy atom. The van der Waals surface area contributed by atoms with Crippen LogP contribution in [0.4, 0.5) is 14.5 Å². The van der Waals surface area contributed by atoms with Crippen molar-refractivity contribution in [2.45, 2.75) is 0 Å². The maximum Gasteiger partial charge on any atom is 0.259 e. The quantitative estimate of drug-likeness (QED) is 0.803. The molecule has 0 fully saturated rings. The predicted octanol–water partition coefficient (Wildman–Crippen LogP) is 3.67. The molecule has 3 aromatic rings. The lowest BCUT2D eigenvalue weighted by molar-refractivity contribution is 0.102. The zero-order valence-corrected chi connectivity index (χ0v) is 11.8. The third-order valence-corrected chi connectivity index (χ3v) is 3.18. The molecular formula is C17H11F2N3O. The number of hydrogen-bond donors (Lipinski definition) is 1. The summed E-state index contributed by atoms with van der Waals surface area (Å²) >= 11 is 0. The average molecular weight is 311 g/mol. The maximum absolute atomic E-state index is 13.2. The van der Waals surface area contributed by atoms with Gasteiger partial charge in [0.15, 0.2) is 11.6 Å². The molecule has 0 aliphatic rings. The topological polar surface area (TPSA) is 54.9 Å². The zero-order valence-electron chi connectivity index (χ0n) is 11.8. The fourth-order valence-electron chi connectivity index (χ4n) is 2.09. The number of aromatic nitrogens is 2. The molecule has 1 aromatic heterocycles. The lowest BCUT2D eigenvalue weighted by Gasteiger charge is -2.09. The van der Waals surface area contributed by atoms with Gasteiger partial charge in [0.2, 0.25) is 0 Å². The Kier molecular flexibility index (Phi) is 4.05. The summed E-state index contributed by atoms with van der Waals surface area (Å²) in [5, 5.41) is 2.51. The average Bonchev–Trinajstić information content (AvgIpc) is 2.59. The van der Waals surface area contributed by atoms with E-state index in [1.54, 1.807) is 0 Å². The van der Waals surface area contributed by atoms with E-state index in [4.69, 9.17) is 0 Å². The van der Waals surface area contributed by atoms with Crippen LogP contribution in [0.15, 0.2) is 61.1 Å². The molecule has 0 atom stereocenters. The Balaban J connectivity index is 1.92. The van der Waals surface area contributed by atoms with Crippen molar-refractivity contribution in [1.29, 1.82) is 0 Å². The van der Waals surface area contributed by atoms with E-state index in [0.717, 1.165) is 17.7 Å². The minimum Gasteiger partial charge on any atom is -0.322 e. The highest BCUT2D eigenvalue weighted by Crippen LogP contribution is 2.21. The van der Waals surface area contributed by atoms with E-state index in [1.165, 1.54) is 18.6 Å². The third-order valence-electron chi connectivity index (χ3n) is 3.18. The first-order valence-corrected chi connectivity index (χ1v) is 6.77. The summed E-state index contributed by atoms with van der Waals surface area (Å²) in [6, 6.07) is 12.3. The Hall–Kier alpha value is -3.15. The van der Waals surface area contributed by atoms with Crippen LogP contribution in [0.2, 0.25) is 0 Å². The molecule has 1 amide bonds. The first-order chi connectivity index (χ1) is 11.1. The van der Waals surface area contributed by atoms with Crippen LogP contribution in [0, 0.1) is 11.6 Å². The lowest BCUT2D eigenvalue weighted by atomic mass is 10.1. The minimum atomic E-state index is -1.03. The molecule has 2 aromatic carbocycles. The van der Waals surface area contributed by atoms with Gasteiger partial charge in [0.05, 0.1) is 11.3 Å². The van der Waals surface area contributed by atoms with Crippen molar-refractivity contribution in [3.05, 3.63) is 78.3 Å². The van der Waals surface area contributed by atoms with Crippen LogP contribution in [0.3, 0.4) is 0 Å². The van der Waals surface area contributed by atoms with E-state index in [1.807, 2.05) is 30.3 Å². The Morgan fingerprint density at radius 1 is 1.00 bits per heavy atom. The summed E-state index contributed by atoms with van der Waals surface area (Å²) in [7, 11) is 0. The van der Waals surface area contributed by atoms with E-state index in [-0.39, 0.29) is 11.3 Å². The summed E-state index contributed by atoms with van der Waals surface area (Å²) in [5.41, 5.74) is 1.60. The molecule has 1 heterocycles. The van der Waals surface area contributed by atoms with Crippen LogP contribution in [-0.4, -0.2) is 15.9 Å². The predicted molar refractivity (Wildman–Crippen MR) is 81.8 cm³/mol. The molecule has 0 saturated carbocycles. The molecule has 6 heteroatoms. The molecule has 1 N–H and O–H groups in total. The van der Waals surface area contributed by atoms with Crippen LogP contribution in [0.1, 0.15) is 10.4 Å². The number of rotatable bonds is 3. The highest BCUT2D eigenvalue weighted by atomic mass is 19.2. The largest absolute Gasteiger partial charge is 0.322 e. The summed E-state index contributed by atoms with van der Waals surface area (Å²) in [6.07, 6.45) is 2.72. The normalized spacial score (nSPS) is 10.3. The zero-order chi connectivity index (χ0) is 16.2. The summed E-state index contributed by atoms with van der Waals surface area (Å²) in [6.45, 7) is 0. The van der Waals surface area contributed by atoms with Gasteiger partial charge >= 0.3 is 0 Å². The number of carbonyl (C=O) groups excluding carboxylic acids is 1. The molecule has 0 aliphatic heterocycles. The smallest absolute Gasteiger partial charge is 0.259 e. The molecule has 0 spiro atoms. The van der Waals surface area contributed by atoms with E-state index < -0.39 is 17.5 Å². The van der Waals surface area contributed by atoms with E-state index >= 15 is 0 Å². The van der Waals surface area contributed by atoms with Crippen LogP contribution < -0.4 is 5.32 Å². The highest BCUT2D eigenvalue weighted by Gasteiger charge is 2.15. The number of anilines is 1. The summed E-state index contributed by atoms with van der Waals surface area (Å²) in [4.78, 5) is 20.4. The minimum absolute atomic E-state index is 0.150. The molecule has 0 radical (unpaired) electrons. The molecule has 4 nitrogen and oxygen atoms in total. The number of halogens is 2. The van der Waals surface area contributed by atoms with Gasteiger partial charge in [0.25, 0.3) is 5.91 Å². The van der Waals surface area contributed by atoms with Gasteiger partial charge in [-0.25, -0.2) is 18.7 Å². The molecule has 0 unspecified atom stereocenters. The van der Waals surface area contributed by atoms with E-state index in [9.17, 15) is 13.6 Å². The number of hydrogen-bond acceptors (Lipinski definition) is 3. The Morgan fingerprint density at radius 2 is 1.78 bits per heavy atom. The number of nitrogens with one attached hydrogen (secondary N) is 1. The van der Waals surface area contributed by atoms with Crippen molar-refractivity contribution in [1.82, 2.24) is 9.97 Å². The van der Waals surface area contributed by atoms with Gasteiger partial charge in [-0.15, -0.1) is 0 Å². The van der Waals surface area contributed by atoms with Crippen LogP contribution in [0.25, 0.3) is 11.3 Å². The first-order valence-electron chi connectivity index (χ1n) is 6.77. The Labute approximate surface area is 130 Å². The first kappa shape index (κ1) is 14.8. The monoisotopic (exact) mass is 311 g/mol. The van der Waals surface area contributed by atoms with Gasteiger partial charge in [-0.3, -0.25) is 4.79 Å². The second-order valence-electron chi connectivity index (χ2n) is 4.73. The molecule has 0 bridgehead atoms. The van der Waals surface area contributed by atoms with E-state index in [0.29, 0.717) is 5.69 Å². The van der Waals surface area contributed by atoms with Gasteiger partial charge in [-0.05, 0) is 12.1 Å². The van der Waals surface area contributed by atoms with Crippen LogP contribution in [-0.2, 0) is 0 Å². The van der Waals surface area contributed by atoms with Gasteiger partial charge in [0, 0.05) is 23.5 Å². The summed E-state index contributed by atoms with van der Waals surface area (Å²) in [5.74, 6) is -2.51. The van der Waals surface area contributed by atoms with Gasteiger partial charge < -0.3 is 5.32 Å². The number of nitrogens with zero attached hydrogens (tertiary/aromatic N) is 2. The fraction of sp³-hybridized carbons (Fsp3) is 0. The molecule has 114 valence electrons. The maximum atomic E-state index is 13.2. The SMILES string of the molecule is O=C(Nc1ccc(F)c(F)c1)c1cncnc1-c1ccccc1. The van der Waals surface area contributed by atoms with Crippen molar-refractivity contribution < 1.29 is 13.6 Å². The number of benzene rings is 2. The fourth-order valence-corrected chi connectivity index (χ4v) is 2.09. The molecule has 3 rings (SSSR count). The summed E-state index contributed by atoms with van der Waals surface area (Å²) < 4.78 is 26.2. The molecule has 0 saturated heterocycles. The molecular weight excluding hydrogens is 300 g/mol. The third kappa shape index (κ3) is 3.21. The van der Waals surface area contributed by atoms with Gasteiger partial charge in [0.1, 0.15) is 6.33 Å². The van der Waals surface area contributed by atoms with Crippen molar-refractivity contribution in [2.75, 3.05) is 5.32 Å². The van der Waals surface area contributed by atoms with Crippen molar-refractivity contribution in [3.8, 4) is 11.3 Å². The second kappa shape index (κ2) is 6.31. The van der Waals surface area contributed by atoms with Crippen molar-refractivity contribution in [3.63, 3.8) is 0 Å². The van der Waals surface area contributed by atoms with Crippen LogP contribution >= 0.6 is 0 Å². The van der Waals surface area contributed by atoms with E-state index in [2.05, 4.69) is 15.3 Å². The van der Waals surface area contributed by atoms with Crippen LogP contribution in [0.5, 0.6) is 0 Å². The molecule has 23 heavy (non-hydrogen) atoms. The highest BCUT2D eigenvalue weighted by molar-refractivity contribution is 6.07.